The van der Waals surface area contributed by atoms with Crippen molar-refractivity contribution in [1.29, 1.82) is 10.5 Å². The number of thioether (sulfide) groups is 1. The normalized spacial score (nSPS) is 31.9. The van der Waals surface area contributed by atoms with E-state index in [1.165, 1.54) is 5.40 Å². The van der Waals surface area contributed by atoms with Gasteiger partial charge in [0, 0.05) is 5.41 Å². The van der Waals surface area contributed by atoms with Gasteiger partial charge in [-0.15, -0.1) is 0 Å². The molecule has 2 rings (SSSR count). The highest BCUT2D eigenvalue weighted by molar-refractivity contribution is 8.06. The fourth-order valence-corrected chi connectivity index (χ4v) is 6.17. The van der Waals surface area contributed by atoms with Gasteiger partial charge in [0.1, 0.15) is 17.6 Å². The van der Waals surface area contributed by atoms with Gasteiger partial charge >= 0.3 is 16.7 Å². The molecule has 3 unspecified atom stereocenters. The number of carbonyl (C=O) groups excluding carboxylic acids is 1. The van der Waals surface area contributed by atoms with Crippen molar-refractivity contribution >= 4 is 33.8 Å². The number of carbonyl (C=O) groups is 2. The highest BCUT2D eigenvalue weighted by Crippen LogP contribution is 2.66. The van der Waals surface area contributed by atoms with E-state index in [0.717, 1.165) is 18.9 Å². The SMILES string of the molecule is CC1(C)[C@@H]2CC[C@]1(C)C(OC(=O)C(SC#N)C(C#N)(C(=O)O)S(=O)(=O)O)C2. The van der Waals surface area contributed by atoms with Gasteiger partial charge in [0.15, 0.2) is 5.25 Å². The Labute approximate surface area is 161 Å². The zero-order valence-corrected chi connectivity index (χ0v) is 16.6. The predicted molar refractivity (Wildman–Crippen MR) is 93.6 cm³/mol. The van der Waals surface area contributed by atoms with Gasteiger partial charge in [-0.3, -0.25) is 9.35 Å². The molecule has 0 aromatic heterocycles. The van der Waals surface area contributed by atoms with Crippen molar-refractivity contribution < 1.29 is 32.4 Å². The molecule has 0 spiro atoms. The summed E-state index contributed by atoms with van der Waals surface area (Å²) in [6, 6.07) is 0.995. The lowest BCUT2D eigenvalue weighted by Gasteiger charge is -2.39. The summed E-state index contributed by atoms with van der Waals surface area (Å²) in [7, 11) is -5.56. The van der Waals surface area contributed by atoms with Crippen LogP contribution < -0.4 is 0 Å². The number of carboxylic acid groups (broad SMARTS) is 1. The number of esters is 1. The molecule has 5 atom stereocenters. The van der Waals surface area contributed by atoms with E-state index in [1.54, 1.807) is 0 Å². The van der Waals surface area contributed by atoms with Crippen LogP contribution in [0.4, 0.5) is 0 Å². The van der Waals surface area contributed by atoms with Gasteiger partial charge < -0.3 is 9.84 Å². The van der Waals surface area contributed by atoms with Crippen molar-refractivity contribution in [2.24, 2.45) is 16.7 Å². The zero-order chi connectivity index (χ0) is 20.8. The van der Waals surface area contributed by atoms with Crippen molar-refractivity contribution in [3.63, 3.8) is 0 Å². The summed E-state index contributed by atoms with van der Waals surface area (Å²) in [6.07, 6.45) is 1.65. The van der Waals surface area contributed by atoms with E-state index < -0.39 is 43.6 Å². The molecule has 2 bridgehead atoms. The summed E-state index contributed by atoms with van der Waals surface area (Å²) in [5.41, 5.74) is -0.538. The maximum absolute atomic E-state index is 12.7. The smallest absolute Gasteiger partial charge is 0.344 e. The maximum Gasteiger partial charge on any atom is 0.344 e. The number of hydrogen-bond donors (Lipinski definition) is 2. The number of aliphatic carboxylic acids is 1. The molecule has 148 valence electrons. The van der Waals surface area contributed by atoms with Crippen molar-refractivity contribution in [3.8, 4) is 11.5 Å². The van der Waals surface area contributed by atoms with Gasteiger partial charge in [-0.2, -0.15) is 18.9 Å². The summed E-state index contributed by atoms with van der Waals surface area (Å²) >= 11 is -0.0380. The minimum absolute atomic E-state index is 0.0380. The van der Waals surface area contributed by atoms with Crippen molar-refractivity contribution in [1.82, 2.24) is 0 Å². The molecular weight excluding hydrogens is 396 g/mol. The first-order valence-corrected chi connectivity index (χ1v) is 10.5. The minimum atomic E-state index is -5.56. The fourth-order valence-electron chi connectivity index (χ4n) is 4.38. The lowest BCUT2D eigenvalue weighted by molar-refractivity contribution is -0.158. The summed E-state index contributed by atoms with van der Waals surface area (Å²) in [6.45, 7) is 6.05. The average molecular weight is 416 g/mol. The summed E-state index contributed by atoms with van der Waals surface area (Å²) in [5, 5.41) is 26.6. The van der Waals surface area contributed by atoms with Gasteiger partial charge in [-0.25, -0.2) is 4.79 Å². The van der Waals surface area contributed by atoms with E-state index in [1.807, 2.05) is 6.92 Å². The van der Waals surface area contributed by atoms with E-state index in [2.05, 4.69) is 13.8 Å². The van der Waals surface area contributed by atoms with E-state index >= 15 is 0 Å². The molecule has 2 fully saturated rings. The summed E-state index contributed by atoms with van der Waals surface area (Å²) < 4.78 is 34.7. The monoisotopic (exact) mass is 416 g/mol. The van der Waals surface area contributed by atoms with Crippen molar-refractivity contribution in [2.45, 2.75) is 56.1 Å². The molecule has 2 saturated carbocycles. The van der Waals surface area contributed by atoms with Crippen LogP contribution in [-0.2, 0) is 24.4 Å². The second kappa shape index (κ2) is 6.66. The zero-order valence-electron chi connectivity index (χ0n) is 15.0. The summed E-state index contributed by atoms with van der Waals surface area (Å²) in [5.74, 6) is -3.29. The number of nitrogens with zero attached hydrogens (tertiary/aromatic N) is 2. The molecule has 11 heteroatoms. The lowest BCUT2D eigenvalue weighted by atomic mass is 9.70. The molecule has 2 N–H and O–H groups in total. The highest BCUT2D eigenvalue weighted by Gasteiger charge is 2.65. The Bertz CT molecular complexity index is 857. The Morgan fingerprint density at radius 2 is 1.93 bits per heavy atom. The highest BCUT2D eigenvalue weighted by atomic mass is 32.2. The quantitative estimate of drug-likeness (QED) is 0.368. The number of ether oxygens (including phenoxy) is 1. The van der Waals surface area contributed by atoms with Gasteiger partial charge in [-0.1, -0.05) is 20.8 Å². The molecule has 2 aliphatic rings. The van der Waals surface area contributed by atoms with E-state index in [-0.39, 0.29) is 23.1 Å². The second-order valence-corrected chi connectivity index (χ2v) is 10.2. The molecule has 0 heterocycles. The molecule has 0 amide bonds. The average Bonchev–Trinajstić information content (AvgIpc) is 2.86. The Morgan fingerprint density at radius 3 is 2.26 bits per heavy atom. The number of thiocyanates is 1. The number of fused-ring (bicyclic) bond motifs is 2. The molecule has 0 aliphatic heterocycles. The maximum atomic E-state index is 12.7. The van der Waals surface area contributed by atoms with Gasteiger partial charge in [-0.05, 0) is 42.4 Å². The summed E-state index contributed by atoms with van der Waals surface area (Å²) in [4.78, 5) is 24.2. The van der Waals surface area contributed by atoms with Crippen LogP contribution in [-0.4, -0.2) is 46.1 Å². The standard InChI is InChI=1S/C16H20N2O7S2/c1-14(2)9-4-5-15(14,3)10(6-9)25-12(19)11(26-8-18)16(7-17,13(20)21)27(22,23)24/h9-11H,4-6H2,1-3H3,(H,20,21)(H,22,23,24)/t9-,10?,11?,15-,16?/m1/s1. The predicted octanol–water partition coefficient (Wildman–Crippen LogP) is 1.56. The number of carboxylic acids is 1. The Hall–Kier alpha value is -1.82. The molecular formula is C16H20N2O7S2. The van der Waals surface area contributed by atoms with E-state index in [4.69, 9.17) is 10.00 Å². The van der Waals surface area contributed by atoms with Crippen LogP contribution in [0.25, 0.3) is 0 Å². The lowest BCUT2D eigenvalue weighted by Crippen LogP contribution is -2.57. The first-order chi connectivity index (χ1) is 12.3. The van der Waals surface area contributed by atoms with Crippen LogP contribution in [0.15, 0.2) is 0 Å². The first kappa shape index (κ1) is 21.5. The molecule has 0 radical (unpaired) electrons. The van der Waals surface area contributed by atoms with Crippen LogP contribution in [0.5, 0.6) is 0 Å². The number of rotatable bonds is 6. The molecule has 27 heavy (non-hydrogen) atoms. The van der Waals surface area contributed by atoms with E-state index in [9.17, 15) is 32.9 Å². The van der Waals surface area contributed by atoms with E-state index in [0.29, 0.717) is 6.42 Å². The number of hydrogen-bond acceptors (Lipinski definition) is 8. The Kier molecular flexibility index (Phi) is 5.30. The molecule has 2 aliphatic carbocycles. The third kappa shape index (κ3) is 2.89. The fraction of sp³-hybridized carbons (Fsp3) is 0.750. The van der Waals surface area contributed by atoms with Gasteiger partial charge in [0.05, 0.1) is 0 Å². The van der Waals surface area contributed by atoms with Gasteiger partial charge in [0.25, 0.3) is 10.1 Å². The van der Waals surface area contributed by atoms with Crippen LogP contribution in [0.2, 0.25) is 0 Å². The largest absolute Gasteiger partial charge is 0.479 e. The molecule has 9 nitrogen and oxygen atoms in total. The number of nitriles is 2. The van der Waals surface area contributed by atoms with Crippen molar-refractivity contribution in [2.75, 3.05) is 0 Å². The minimum Gasteiger partial charge on any atom is -0.479 e. The molecule has 0 aromatic rings. The van der Waals surface area contributed by atoms with Crippen LogP contribution in [0.3, 0.4) is 0 Å². The Morgan fingerprint density at radius 1 is 1.33 bits per heavy atom. The van der Waals surface area contributed by atoms with Crippen LogP contribution >= 0.6 is 11.8 Å². The third-order valence-corrected chi connectivity index (χ3v) is 8.97. The molecule has 0 aromatic carbocycles. The first-order valence-electron chi connectivity index (χ1n) is 8.16. The van der Waals surface area contributed by atoms with Gasteiger partial charge in [0.2, 0.25) is 0 Å². The second-order valence-electron chi connectivity index (χ2n) is 7.75. The van der Waals surface area contributed by atoms with Crippen LogP contribution in [0.1, 0.15) is 40.0 Å². The topological polar surface area (TPSA) is 166 Å². The third-order valence-electron chi connectivity index (χ3n) is 6.62. The Balaban J connectivity index is 2.41. The molecule has 0 saturated heterocycles. The van der Waals surface area contributed by atoms with Crippen LogP contribution in [0, 0.1) is 38.7 Å². The van der Waals surface area contributed by atoms with Crippen molar-refractivity contribution in [3.05, 3.63) is 0 Å².